The van der Waals surface area contributed by atoms with Crippen molar-refractivity contribution in [3.8, 4) is 0 Å². The molecule has 1 unspecified atom stereocenters. The average Bonchev–Trinajstić information content (AvgIpc) is 3.13. The number of carbonyl (C=O) groups excluding carboxylic acids is 2. The van der Waals surface area contributed by atoms with Gasteiger partial charge in [-0.25, -0.2) is 4.79 Å². The van der Waals surface area contributed by atoms with Crippen molar-refractivity contribution < 1.29 is 9.59 Å². The van der Waals surface area contributed by atoms with Crippen LogP contribution >= 0.6 is 0 Å². The summed E-state index contributed by atoms with van der Waals surface area (Å²) in [5.41, 5.74) is 7.75. The third-order valence-corrected chi connectivity index (χ3v) is 5.17. The van der Waals surface area contributed by atoms with Crippen molar-refractivity contribution in [3.05, 3.63) is 35.4 Å². The summed E-state index contributed by atoms with van der Waals surface area (Å²) < 4.78 is 0. The molecule has 2 fully saturated rings. The molecule has 2 aliphatic heterocycles. The number of nitrogens with two attached hydrogens (primary N) is 1. The van der Waals surface area contributed by atoms with E-state index in [-0.39, 0.29) is 11.8 Å². The Morgan fingerprint density at radius 2 is 1.88 bits per heavy atom. The fraction of sp³-hybridized carbons (Fsp3) is 0.579. The van der Waals surface area contributed by atoms with Gasteiger partial charge in [-0.1, -0.05) is 24.3 Å². The molecule has 1 aromatic rings. The maximum atomic E-state index is 12.4. The summed E-state index contributed by atoms with van der Waals surface area (Å²) >= 11 is 0. The lowest BCUT2D eigenvalue weighted by Crippen LogP contribution is -2.47. The van der Waals surface area contributed by atoms with Crippen LogP contribution in [0.1, 0.15) is 36.8 Å². The van der Waals surface area contributed by atoms with Gasteiger partial charge in [0.15, 0.2) is 0 Å². The lowest BCUT2D eigenvalue weighted by Gasteiger charge is -2.30. The van der Waals surface area contributed by atoms with Gasteiger partial charge >= 0.3 is 6.03 Å². The number of nitrogens with zero attached hydrogens (tertiary/aromatic N) is 2. The van der Waals surface area contributed by atoms with Crippen molar-refractivity contribution >= 4 is 11.9 Å². The molecule has 3 amide bonds. The van der Waals surface area contributed by atoms with Crippen molar-refractivity contribution in [2.24, 2.45) is 11.7 Å². The van der Waals surface area contributed by atoms with Gasteiger partial charge < -0.3 is 16.0 Å². The SMILES string of the molecule is NC(=O)N1CCCC(C(=O)NCc2cccc(CN3CCCC3)c2)C1. The summed E-state index contributed by atoms with van der Waals surface area (Å²) in [5.74, 6) is -0.148. The summed E-state index contributed by atoms with van der Waals surface area (Å²) in [7, 11) is 0. The Balaban J connectivity index is 1.50. The lowest BCUT2D eigenvalue weighted by atomic mass is 9.97. The first-order valence-corrected chi connectivity index (χ1v) is 9.24. The first kappa shape index (κ1) is 17.7. The van der Waals surface area contributed by atoms with Gasteiger partial charge in [-0.3, -0.25) is 9.69 Å². The second kappa shape index (κ2) is 8.34. The second-order valence-electron chi connectivity index (χ2n) is 7.14. The van der Waals surface area contributed by atoms with E-state index in [1.807, 2.05) is 6.07 Å². The molecule has 6 nitrogen and oxygen atoms in total. The van der Waals surface area contributed by atoms with Crippen LogP contribution in [0, 0.1) is 5.92 Å². The minimum Gasteiger partial charge on any atom is -0.352 e. The smallest absolute Gasteiger partial charge is 0.314 e. The van der Waals surface area contributed by atoms with Crippen molar-refractivity contribution in [2.75, 3.05) is 26.2 Å². The Hall–Kier alpha value is -2.08. The van der Waals surface area contributed by atoms with Crippen LogP contribution in [0.2, 0.25) is 0 Å². The third kappa shape index (κ3) is 4.95. The Labute approximate surface area is 149 Å². The van der Waals surface area contributed by atoms with E-state index in [4.69, 9.17) is 5.73 Å². The minimum atomic E-state index is -0.438. The van der Waals surface area contributed by atoms with E-state index in [1.54, 1.807) is 4.90 Å². The number of hydrogen-bond donors (Lipinski definition) is 2. The molecule has 0 saturated carbocycles. The van der Waals surface area contributed by atoms with E-state index in [0.717, 1.165) is 24.9 Å². The Morgan fingerprint density at radius 1 is 1.12 bits per heavy atom. The molecule has 25 heavy (non-hydrogen) atoms. The largest absolute Gasteiger partial charge is 0.352 e. The van der Waals surface area contributed by atoms with Gasteiger partial charge in [-0.05, 0) is 49.9 Å². The number of carbonyl (C=O) groups is 2. The first-order valence-electron chi connectivity index (χ1n) is 9.24. The molecule has 1 aromatic carbocycles. The van der Waals surface area contributed by atoms with Crippen LogP contribution in [-0.2, 0) is 17.9 Å². The molecule has 136 valence electrons. The number of rotatable bonds is 5. The van der Waals surface area contributed by atoms with E-state index in [2.05, 4.69) is 28.4 Å². The molecule has 0 aliphatic carbocycles. The molecule has 2 heterocycles. The highest BCUT2D eigenvalue weighted by Crippen LogP contribution is 2.17. The van der Waals surface area contributed by atoms with Crippen molar-refractivity contribution in [1.29, 1.82) is 0 Å². The van der Waals surface area contributed by atoms with Crippen LogP contribution < -0.4 is 11.1 Å². The van der Waals surface area contributed by atoms with Gasteiger partial charge in [0.05, 0.1) is 5.92 Å². The van der Waals surface area contributed by atoms with Crippen molar-refractivity contribution in [1.82, 2.24) is 15.1 Å². The van der Waals surface area contributed by atoms with Crippen LogP contribution in [0.4, 0.5) is 4.79 Å². The van der Waals surface area contributed by atoms with Crippen molar-refractivity contribution in [2.45, 2.75) is 38.8 Å². The molecule has 2 saturated heterocycles. The molecule has 1 atom stereocenters. The number of hydrogen-bond acceptors (Lipinski definition) is 3. The van der Waals surface area contributed by atoms with Gasteiger partial charge in [0.1, 0.15) is 0 Å². The fourth-order valence-corrected chi connectivity index (χ4v) is 3.76. The van der Waals surface area contributed by atoms with Crippen LogP contribution in [-0.4, -0.2) is 47.9 Å². The number of amides is 3. The number of primary amides is 1. The molecule has 0 aromatic heterocycles. The number of nitrogens with one attached hydrogen (secondary N) is 1. The molecule has 2 aliphatic rings. The highest BCUT2D eigenvalue weighted by Gasteiger charge is 2.27. The summed E-state index contributed by atoms with van der Waals surface area (Å²) in [4.78, 5) is 27.7. The highest BCUT2D eigenvalue weighted by molar-refractivity contribution is 5.80. The summed E-state index contributed by atoms with van der Waals surface area (Å²) in [6.07, 6.45) is 4.22. The predicted octanol–water partition coefficient (Wildman–Crippen LogP) is 1.69. The van der Waals surface area contributed by atoms with E-state index < -0.39 is 6.03 Å². The minimum absolute atomic E-state index is 0.0101. The third-order valence-electron chi connectivity index (χ3n) is 5.17. The molecular weight excluding hydrogens is 316 g/mol. The Kier molecular flexibility index (Phi) is 5.91. The number of piperidine rings is 1. The molecule has 0 radical (unpaired) electrons. The van der Waals surface area contributed by atoms with Gasteiger partial charge in [-0.2, -0.15) is 0 Å². The Bertz CT molecular complexity index is 613. The van der Waals surface area contributed by atoms with Crippen LogP contribution in [0.25, 0.3) is 0 Å². The standard InChI is InChI=1S/C19H28N4O2/c20-19(25)23-10-4-7-17(14-23)18(24)21-12-15-5-3-6-16(11-15)13-22-8-1-2-9-22/h3,5-6,11,17H,1-2,4,7-10,12-14H2,(H2,20,25)(H,21,24). The normalized spacial score (nSPS) is 21.3. The molecule has 3 N–H and O–H groups in total. The maximum Gasteiger partial charge on any atom is 0.314 e. The van der Waals surface area contributed by atoms with Crippen LogP contribution in [0.3, 0.4) is 0 Å². The average molecular weight is 344 g/mol. The van der Waals surface area contributed by atoms with E-state index in [1.165, 1.54) is 31.5 Å². The first-order chi connectivity index (χ1) is 12.1. The molecule has 3 rings (SSSR count). The fourth-order valence-electron chi connectivity index (χ4n) is 3.76. The lowest BCUT2D eigenvalue weighted by molar-refractivity contribution is -0.126. The van der Waals surface area contributed by atoms with E-state index in [9.17, 15) is 9.59 Å². The monoisotopic (exact) mass is 344 g/mol. The maximum absolute atomic E-state index is 12.4. The van der Waals surface area contributed by atoms with E-state index >= 15 is 0 Å². The van der Waals surface area contributed by atoms with E-state index in [0.29, 0.717) is 19.6 Å². The van der Waals surface area contributed by atoms with Gasteiger partial charge in [-0.15, -0.1) is 0 Å². The number of benzene rings is 1. The molecule has 6 heteroatoms. The molecular formula is C19H28N4O2. The van der Waals surface area contributed by atoms with Gasteiger partial charge in [0.2, 0.25) is 5.91 Å². The van der Waals surface area contributed by atoms with Crippen molar-refractivity contribution in [3.63, 3.8) is 0 Å². The molecule has 0 bridgehead atoms. The zero-order chi connectivity index (χ0) is 17.6. The summed E-state index contributed by atoms with van der Waals surface area (Å²) in [6.45, 7) is 4.95. The van der Waals surface area contributed by atoms with Gasteiger partial charge in [0, 0.05) is 26.2 Å². The predicted molar refractivity (Wildman–Crippen MR) is 96.7 cm³/mol. The number of urea groups is 1. The summed E-state index contributed by atoms with van der Waals surface area (Å²) in [5, 5.41) is 3.02. The molecule has 0 spiro atoms. The topological polar surface area (TPSA) is 78.7 Å². The van der Waals surface area contributed by atoms with Gasteiger partial charge in [0.25, 0.3) is 0 Å². The quantitative estimate of drug-likeness (QED) is 0.853. The van der Waals surface area contributed by atoms with Crippen LogP contribution in [0.15, 0.2) is 24.3 Å². The number of likely N-dealkylation sites (tertiary alicyclic amines) is 2. The second-order valence-corrected chi connectivity index (χ2v) is 7.14. The zero-order valence-corrected chi connectivity index (χ0v) is 14.7. The van der Waals surface area contributed by atoms with Crippen LogP contribution in [0.5, 0.6) is 0 Å². The highest BCUT2D eigenvalue weighted by atomic mass is 16.2. The Morgan fingerprint density at radius 3 is 2.64 bits per heavy atom. The zero-order valence-electron chi connectivity index (χ0n) is 14.7. The summed E-state index contributed by atoms with van der Waals surface area (Å²) in [6, 6.07) is 7.99.